The smallest absolute Gasteiger partial charge is 0.338 e. The molecule has 0 aliphatic heterocycles. The third kappa shape index (κ3) is 3.06. The second-order valence-electron chi connectivity index (χ2n) is 4.37. The summed E-state index contributed by atoms with van der Waals surface area (Å²) in [7, 11) is 1.26. The average Bonchev–Trinajstić information content (AvgIpc) is 2.54. The number of phenols is 1. The van der Waals surface area contributed by atoms with Gasteiger partial charge in [-0.1, -0.05) is 18.2 Å². The van der Waals surface area contributed by atoms with E-state index in [1.807, 2.05) is 0 Å². The van der Waals surface area contributed by atoms with Gasteiger partial charge in [0, 0.05) is 5.56 Å². The molecule has 22 heavy (non-hydrogen) atoms. The standard InChI is InChI=1S/C16H13FO5/c1-21-16(20)11-5-3-2-4-10(11)9-22-14-7-6-13(19)12(8-18)15(14)17/h2-8,19H,9H2,1H3. The van der Waals surface area contributed by atoms with Crippen LogP contribution in [0.15, 0.2) is 36.4 Å². The summed E-state index contributed by atoms with van der Waals surface area (Å²) in [4.78, 5) is 22.4. The molecule has 0 aliphatic rings. The van der Waals surface area contributed by atoms with Crippen LogP contribution in [-0.4, -0.2) is 24.5 Å². The highest BCUT2D eigenvalue weighted by atomic mass is 19.1. The van der Waals surface area contributed by atoms with E-state index in [1.54, 1.807) is 24.3 Å². The molecule has 0 amide bonds. The maximum atomic E-state index is 14.0. The largest absolute Gasteiger partial charge is 0.507 e. The van der Waals surface area contributed by atoms with E-state index in [0.29, 0.717) is 11.1 Å². The first-order valence-electron chi connectivity index (χ1n) is 6.34. The number of carbonyl (C=O) groups is 2. The molecule has 2 aromatic rings. The van der Waals surface area contributed by atoms with Gasteiger partial charge in [-0.15, -0.1) is 0 Å². The molecule has 114 valence electrons. The molecule has 0 unspecified atom stereocenters. The van der Waals surface area contributed by atoms with E-state index in [1.165, 1.54) is 13.2 Å². The van der Waals surface area contributed by atoms with Gasteiger partial charge in [-0.3, -0.25) is 4.79 Å². The van der Waals surface area contributed by atoms with Crippen molar-refractivity contribution in [1.29, 1.82) is 0 Å². The number of methoxy groups -OCH3 is 1. The van der Waals surface area contributed by atoms with Gasteiger partial charge in [-0.2, -0.15) is 0 Å². The molecule has 0 aliphatic carbocycles. The van der Waals surface area contributed by atoms with E-state index in [-0.39, 0.29) is 18.6 Å². The predicted octanol–water partition coefficient (Wildman–Crippen LogP) is 2.71. The maximum Gasteiger partial charge on any atom is 0.338 e. The molecule has 0 aromatic heterocycles. The Morgan fingerprint density at radius 1 is 1.27 bits per heavy atom. The molecular weight excluding hydrogens is 291 g/mol. The van der Waals surface area contributed by atoms with Crippen molar-refractivity contribution in [3.63, 3.8) is 0 Å². The molecule has 0 fully saturated rings. The first-order chi connectivity index (χ1) is 10.6. The van der Waals surface area contributed by atoms with Crippen molar-refractivity contribution in [2.24, 2.45) is 0 Å². The summed E-state index contributed by atoms with van der Waals surface area (Å²) in [5.74, 6) is -2.14. The van der Waals surface area contributed by atoms with Gasteiger partial charge in [0.05, 0.1) is 18.2 Å². The number of aldehydes is 1. The number of hydrogen-bond acceptors (Lipinski definition) is 5. The first kappa shape index (κ1) is 15.5. The van der Waals surface area contributed by atoms with Crippen LogP contribution >= 0.6 is 0 Å². The highest BCUT2D eigenvalue weighted by Gasteiger charge is 2.15. The van der Waals surface area contributed by atoms with Crippen LogP contribution in [0.5, 0.6) is 11.5 Å². The molecule has 1 N–H and O–H groups in total. The molecule has 5 nitrogen and oxygen atoms in total. The van der Waals surface area contributed by atoms with E-state index >= 15 is 0 Å². The quantitative estimate of drug-likeness (QED) is 0.679. The predicted molar refractivity (Wildman–Crippen MR) is 75.6 cm³/mol. The van der Waals surface area contributed by atoms with Crippen molar-refractivity contribution in [2.45, 2.75) is 6.61 Å². The number of hydrogen-bond donors (Lipinski definition) is 1. The number of aromatic hydroxyl groups is 1. The lowest BCUT2D eigenvalue weighted by molar-refractivity contribution is 0.0597. The molecule has 0 saturated heterocycles. The average molecular weight is 304 g/mol. The maximum absolute atomic E-state index is 14.0. The van der Waals surface area contributed by atoms with Gasteiger partial charge in [-0.25, -0.2) is 9.18 Å². The van der Waals surface area contributed by atoms with Crippen LogP contribution in [0.4, 0.5) is 4.39 Å². The summed E-state index contributed by atoms with van der Waals surface area (Å²) in [5, 5.41) is 9.36. The zero-order valence-electron chi connectivity index (χ0n) is 11.7. The van der Waals surface area contributed by atoms with Crippen molar-refractivity contribution in [3.05, 3.63) is 58.9 Å². The molecule has 0 heterocycles. The van der Waals surface area contributed by atoms with Crippen LogP contribution in [0, 0.1) is 5.82 Å². The zero-order valence-corrected chi connectivity index (χ0v) is 11.7. The summed E-state index contributed by atoms with van der Waals surface area (Å²) in [6.07, 6.45) is 0.208. The second-order valence-corrected chi connectivity index (χ2v) is 4.37. The Balaban J connectivity index is 2.25. The number of carbonyl (C=O) groups excluding carboxylic acids is 2. The van der Waals surface area contributed by atoms with Crippen LogP contribution in [0.25, 0.3) is 0 Å². The van der Waals surface area contributed by atoms with Gasteiger partial charge in [-0.05, 0) is 18.2 Å². The second kappa shape index (κ2) is 6.71. The van der Waals surface area contributed by atoms with Crippen LogP contribution in [0.2, 0.25) is 0 Å². The third-order valence-corrected chi connectivity index (χ3v) is 3.05. The van der Waals surface area contributed by atoms with E-state index in [4.69, 9.17) is 4.74 Å². The summed E-state index contributed by atoms with van der Waals surface area (Å²) in [6, 6.07) is 8.95. The fourth-order valence-electron chi connectivity index (χ4n) is 1.90. The molecular formula is C16H13FO5. The highest BCUT2D eigenvalue weighted by Crippen LogP contribution is 2.27. The van der Waals surface area contributed by atoms with Gasteiger partial charge in [0.15, 0.2) is 17.9 Å². The Morgan fingerprint density at radius 3 is 2.68 bits per heavy atom. The number of benzene rings is 2. The Kier molecular flexibility index (Phi) is 4.73. The monoisotopic (exact) mass is 304 g/mol. The lowest BCUT2D eigenvalue weighted by Gasteiger charge is -2.11. The molecule has 0 radical (unpaired) electrons. The van der Waals surface area contributed by atoms with E-state index in [2.05, 4.69) is 4.74 Å². The van der Waals surface area contributed by atoms with Crippen molar-refractivity contribution < 1.29 is 28.6 Å². The summed E-state index contributed by atoms with van der Waals surface area (Å²) < 4.78 is 23.9. The van der Waals surface area contributed by atoms with Gasteiger partial charge in [0.2, 0.25) is 0 Å². The normalized spacial score (nSPS) is 10.1. The van der Waals surface area contributed by atoms with Crippen molar-refractivity contribution in [2.75, 3.05) is 7.11 Å². The summed E-state index contributed by atoms with van der Waals surface area (Å²) in [6.45, 7) is -0.0920. The number of halogens is 1. The Morgan fingerprint density at radius 2 is 2.00 bits per heavy atom. The van der Waals surface area contributed by atoms with Gasteiger partial charge >= 0.3 is 5.97 Å². The topological polar surface area (TPSA) is 72.8 Å². The minimum Gasteiger partial charge on any atom is -0.507 e. The van der Waals surface area contributed by atoms with E-state index < -0.39 is 23.1 Å². The molecule has 2 rings (SSSR count). The van der Waals surface area contributed by atoms with Crippen LogP contribution in [-0.2, 0) is 11.3 Å². The number of esters is 1. The number of ether oxygens (including phenoxy) is 2. The van der Waals surface area contributed by atoms with Gasteiger partial charge < -0.3 is 14.6 Å². The number of rotatable bonds is 5. The summed E-state index contributed by atoms with van der Waals surface area (Å²) in [5.41, 5.74) is 0.341. The molecule has 0 saturated carbocycles. The summed E-state index contributed by atoms with van der Waals surface area (Å²) >= 11 is 0. The third-order valence-electron chi connectivity index (χ3n) is 3.05. The van der Waals surface area contributed by atoms with E-state index in [0.717, 1.165) is 6.07 Å². The van der Waals surface area contributed by atoms with Crippen LogP contribution < -0.4 is 4.74 Å². The minimum atomic E-state index is -0.953. The Hall–Kier alpha value is -2.89. The van der Waals surface area contributed by atoms with Crippen LogP contribution in [0.1, 0.15) is 26.3 Å². The fraction of sp³-hybridized carbons (Fsp3) is 0.125. The number of phenolic OH excluding ortho intramolecular Hbond substituents is 1. The lowest BCUT2D eigenvalue weighted by Crippen LogP contribution is -2.08. The molecule has 2 aromatic carbocycles. The Labute approximate surface area is 125 Å². The molecule has 0 bridgehead atoms. The Bertz CT molecular complexity index is 712. The van der Waals surface area contributed by atoms with Crippen molar-refractivity contribution >= 4 is 12.3 Å². The van der Waals surface area contributed by atoms with Gasteiger partial charge in [0.25, 0.3) is 0 Å². The molecule has 0 spiro atoms. The van der Waals surface area contributed by atoms with Crippen molar-refractivity contribution in [3.8, 4) is 11.5 Å². The fourth-order valence-corrected chi connectivity index (χ4v) is 1.90. The highest BCUT2D eigenvalue weighted by molar-refractivity contribution is 5.90. The lowest BCUT2D eigenvalue weighted by atomic mass is 10.1. The van der Waals surface area contributed by atoms with Gasteiger partial charge in [0.1, 0.15) is 12.4 Å². The molecule has 0 atom stereocenters. The van der Waals surface area contributed by atoms with Crippen LogP contribution in [0.3, 0.4) is 0 Å². The van der Waals surface area contributed by atoms with Crippen molar-refractivity contribution in [1.82, 2.24) is 0 Å². The molecule has 6 heteroatoms. The minimum absolute atomic E-state index is 0.0920. The zero-order chi connectivity index (χ0) is 16.1. The SMILES string of the molecule is COC(=O)c1ccccc1COc1ccc(O)c(C=O)c1F. The first-order valence-corrected chi connectivity index (χ1v) is 6.34. The van der Waals surface area contributed by atoms with E-state index in [9.17, 15) is 19.1 Å².